The summed E-state index contributed by atoms with van der Waals surface area (Å²) in [5, 5.41) is 3.77. The zero-order chi connectivity index (χ0) is 25.4. The highest BCUT2D eigenvalue weighted by molar-refractivity contribution is 6.19. The van der Waals surface area contributed by atoms with Gasteiger partial charge >= 0.3 is 0 Å². The van der Waals surface area contributed by atoms with E-state index < -0.39 is 5.54 Å². The van der Waals surface area contributed by atoms with Gasteiger partial charge in [-0.2, -0.15) is 0 Å². The molecule has 2 amide bonds. The average molecular weight is 486 g/mol. The third kappa shape index (κ3) is 4.06. The molecule has 1 atom stereocenters. The Morgan fingerprint density at radius 1 is 1.06 bits per heavy atom. The second-order valence-electron chi connectivity index (χ2n) is 9.75. The number of carbonyl (C=O) groups is 2. The molecule has 2 aromatic carbocycles. The van der Waals surface area contributed by atoms with E-state index in [4.69, 9.17) is 14.7 Å². The smallest absolute Gasteiger partial charge is 0.256 e. The largest absolute Gasteiger partial charge is 0.495 e. The van der Waals surface area contributed by atoms with Crippen LogP contribution in [0.1, 0.15) is 36.8 Å². The lowest BCUT2D eigenvalue weighted by Gasteiger charge is -2.36. The fourth-order valence-electron chi connectivity index (χ4n) is 4.72. The first-order chi connectivity index (χ1) is 17.3. The Hall–Kier alpha value is -3.94. The van der Waals surface area contributed by atoms with Crippen molar-refractivity contribution in [3.63, 3.8) is 0 Å². The molecule has 0 bridgehead atoms. The van der Waals surface area contributed by atoms with Gasteiger partial charge in [-0.3, -0.25) is 9.59 Å². The van der Waals surface area contributed by atoms with Gasteiger partial charge in [0.2, 0.25) is 0 Å². The number of carbonyl (C=O) groups excluding carboxylic acids is 2. The van der Waals surface area contributed by atoms with Crippen molar-refractivity contribution in [2.75, 3.05) is 38.2 Å². The summed E-state index contributed by atoms with van der Waals surface area (Å²) in [7, 11) is 1.67. The maximum atomic E-state index is 13.8. The van der Waals surface area contributed by atoms with Gasteiger partial charge in [0.25, 0.3) is 11.8 Å². The van der Waals surface area contributed by atoms with Crippen LogP contribution in [0.25, 0.3) is 10.9 Å². The standard InChI is InChI=1S/C28H31N5O3/c1-18(2)28(3)27(35)30-25(31-28)24-20(17-19-9-5-6-10-21(19)29-24)26(34)33-15-13-32(14-16-33)22-11-7-8-12-23(22)36-4/h5-12,17-18H,13-16H2,1-4H3,(H,30,31,35)/t28-/m1/s1. The lowest BCUT2D eigenvalue weighted by atomic mass is 9.89. The number of aliphatic imine (C=N–C) groups is 1. The number of amides is 2. The van der Waals surface area contributed by atoms with Crippen molar-refractivity contribution in [2.45, 2.75) is 26.3 Å². The van der Waals surface area contributed by atoms with Gasteiger partial charge < -0.3 is 19.9 Å². The molecule has 3 aromatic rings. The number of benzene rings is 2. The van der Waals surface area contributed by atoms with Gasteiger partial charge in [0.05, 0.1) is 23.9 Å². The molecule has 2 aliphatic heterocycles. The van der Waals surface area contributed by atoms with Crippen LogP contribution in [-0.4, -0.2) is 66.4 Å². The zero-order valence-electron chi connectivity index (χ0n) is 21.1. The van der Waals surface area contributed by atoms with Crippen molar-refractivity contribution in [1.29, 1.82) is 0 Å². The molecule has 0 saturated carbocycles. The topological polar surface area (TPSA) is 87.1 Å². The third-order valence-corrected chi connectivity index (χ3v) is 7.33. The zero-order valence-corrected chi connectivity index (χ0v) is 21.1. The van der Waals surface area contributed by atoms with Crippen LogP contribution in [0.5, 0.6) is 5.75 Å². The van der Waals surface area contributed by atoms with E-state index in [-0.39, 0.29) is 17.7 Å². The minimum absolute atomic E-state index is 0.00216. The molecule has 0 radical (unpaired) electrons. The number of fused-ring (bicyclic) bond motifs is 1. The number of rotatable bonds is 5. The van der Waals surface area contributed by atoms with E-state index in [0.717, 1.165) is 22.3 Å². The average Bonchev–Trinajstić information content (AvgIpc) is 3.22. The Morgan fingerprint density at radius 3 is 2.44 bits per heavy atom. The first kappa shape index (κ1) is 23.8. The third-order valence-electron chi connectivity index (χ3n) is 7.33. The van der Waals surface area contributed by atoms with Crippen LogP contribution in [0.4, 0.5) is 5.69 Å². The van der Waals surface area contributed by atoms with Gasteiger partial charge in [-0.15, -0.1) is 0 Å². The Morgan fingerprint density at radius 2 is 1.75 bits per heavy atom. The SMILES string of the molecule is COc1ccccc1N1CCN(C(=O)c2cc3ccccc3nc2C2=N[C@](C)(C(C)C)C(=O)N2)CC1. The van der Waals surface area contributed by atoms with E-state index in [2.05, 4.69) is 10.2 Å². The molecule has 3 heterocycles. The van der Waals surface area contributed by atoms with Crippen molar-refractivity contribution in [2.24, 2.45) is 10.9 Å². The molecule has 0 aliphatic carbocycles. The quantitative estimate of drug-likeness (QED) is 0.598. The molecule has 1 aromatic heterocycles. The number of para-hydroxylation sites is 3. The van der Waals surface area contributed by atoms with Gasteiger partial charge in [-0.05, 0) is 37.1 Å². The summed E-state index contributed by atoms with van der Waals surface area (Å²) in [4.78, 5) is 40.3. The van der Waals surface area contributed by atoms with E-state index >= 15 is 0 Å². The van der Waals surface area contributed by atoms with Gasteiger partial charge in [0.15, 0.2) is 5.84 Å². The summed E-state index contributed by atoms with van der Waals surface area (Å²) in [6.07, 6.45) is 0. The molecule has 36 heavy (non-hydrogen) atoms. The highest BCUT2D eigenvalue weighted by atomic mass is 16.5. The van der Waals surface area contributed by atoms with E-state index in [1.54, 1.807) is 7.11 Å². The molecule has 0 unspecified atom stereocenters. The summed E-state index contributed by atoms with van der Waals surface area (Å²) < 4.78 is 5.52. The number of pyridine rings is 1. The fraction of sp³-hybridized carbons (Fsp3) is 0.357. The number of nitrogens with zero attached hydrogens (tertiary/aromatic N) is 4. The Labute approximate surface area is 211 Å². The number of ether oxygens (including phenoxy) is 1. The Kier molecular flexibility index (Phi) is 6.12. The highest BCUT2D eigenvalue weighted by Crippen LogP contribution is 2.30. The van der Waals surface area contributed by atoms with Crippen LogP contribution in [0.2, 0.25) is 0 Å². The maximum Gasteiger partial charge on any atom is 0.256 e. The van der Waals surface area contributed by atoms with Gasteiger partial charge in [-0.1, -0.05) is 44.2 Å². The number of aromatic nitrogens is 1. The second kappa shape index (κ2) is 9.26. The summed E-state index contributed by atoms with van der Waals surface area (Å²) in [5.41, 5.74) is 1.75. The second-order valence-corrected chi connectivity index (χ2v) is 9.75. The van der Waals surface area contributed by atoms with Gasteiger partial charge in [0.1, 0.15) is 17.0 Å². The number of amidine groups is 1. The lowest BCUT2D eigenvalue weighted by molar-refractivity contribution is -0.124. The number of nitrogens with one attached hydrogen (secondary N) is 1. The normalized spacial score (nSPS) is 20.0. The molecular formula is C28H31N5O3. The van der Waals surface area contributed by atoms with Crippen LogP contribution in [0.15, 0.2) is 59.6 Å². The molecule has 1 N–H and O–H groups in total. The molecule has 1 saturated heterocycles. The van der Waals surface area contributed by atoms with Crippen molar-refractivity contribution in [3.05, 3.63) is 65.9 Å². The molecule has 5 rings (SSSR count). The van der Waals surface area contributed by atoms with E-state index in [1.807, 2.05) is 80.3 Å². The maximum absolute atomic E-state index is 13.8. The molecule has 8 nitrogen and oxygen atoms in total. The first-order valence-corrected chi connectivity index (χ1v) is 12.3. The Bertz CT molecular complexity index is 1360. The molecule has 0 spiro atoms. The predicted octanol–water partition coefficient (Wildman–Crippen LogP) is 3.50. The van der Waals surface area contributed by atoms with Crippen molar-refractivity contribution >= 4 is 34.2 Å². The molecule has 1 fully saturated rings. The van der Waals surface area contributed by atoms with Gasteiger partial charge in [-0.25, -0.2) is 9.98 Å². The monoisotopic (exact) mass is 485 g/mol. The van der Waals surface area contributed by atoms with Gasteiger partial charge in [0, 0.05) is 31.6 Å². The fourth-order valence-corrected chi connectivity index (χ4v) is 4.72. The van der Waals surface area contributed by atoms with Crippen LogP contribution in [0, 0.1) is 5.92 Å². The number of hydrogen-bond donors (Lipinski definition) is 1. The molecule has 186 valence electrons. The number of hydrogen-bond acceptors (Lipinski definition) is 6. The highest BCUT2D eigenvalue weighted by Gasteiger charge is 2.43. The summed E-state index contributed by atoms with van der Waals surface area (Å²) in [6.45, 7) is 8.24. The first-order valence-electron chi connectivity index (χ1n) is 12.3. The summed E-state index contributed by atoms with van der Waals surface area (Å²) in [5.74, 6) is 0.890. The molecule has 8 heteroatoms. The predicted molar refractivity (Wildman–Crippen MR) is 141 cm³/mol. The van der Waals surface area contributed by atoms with Crippen molar-refractivity contribution in [1.82, 2.24) is 15.2 Å². The van der Waals surface area contributed by atoms with E-state index in [9.17, 15) is 9.59 Å². The van der Waals surface area contributed by atoms with E-state index in [0.29, 0.717) is 43.3 Å². The minimum Gasteiger partial charge on any atom is -0.495 e. The minimum atomic E-state index is -0.899. The summed E-state index contributed by atoms with van der Waals surface area (Å²) >= 11 is 0. The summed E-state index contributed by atoms with van der Waals surface area (Å²) in [6, 6.07) is 17.5. The van der Waals surface area contributed by atoms with Crippen LogP contribution >= 0.6 is 0 Å². The van der Waals surface area contributed by atoms with E-state index in [1.165, 1.54) is 0 Å². The van der Waals surface area contributed by atoms with Crippen LogP contribution < -0.4 is 15.0 Å². The number of piperazine rings is 1. The Balaban J connectivity index is 1.47. The van der Waals surface area contributed by atoms with Crippen LogP contribution in [-0.2, 0) is 4.79 Å². The molecule has 2 aliphatic rings. The molecular weight excluding hydrogens is 454 g/mol. The van der Waals surface area contributed by atoms with Crippen molar-refractivity contribution < 1.29 is 14.3 Å². The van der Waals surface area contributed by atoms with Crippen molar-refractivity contribution in [3.8, 4) is 5.75 Å². The number of anilines is 1. The number of methoxy groups -OCH3 is 1. The van der Waals surface area contributed by atoms with Crippen LogP contribution in [0.3, 0.4) is 0 Å². The lowest BCUT2D eigenvalue weighted by Crippen LogP contribution is -2.49.